The van der Waals surface area contributed by atoms with E-state index in [0.29, 0.717) is 42.9 Å². The summed E-state index contributed by atoms with van der Waals surface area (Å²) in [6.45, 7) is 3.88. The van der Waals surface area contributed by atoms with Gasteiger partial charge in [0.1, 0.15) is 5.75 Å². The van der Waals surface area contributed by atoms with Gasteiger partial charge in [0.15, 0.2) is 0 Å². The number of fused-ring (bicyclic) bond motifs is 3. The van der Waals surface area contributed by atoms with Gasteiger partial charge in [-0.25, -0.2) is 0 Å². The van der Waals surface area contributed by atoms with Crippen molar-refractivity contribution in [3.63, 3.8) is 0 Å². The Morgan fingerprint density at radius 3 is 2.87 bits per heavy atom. The lowest BCUT2D eigenvalue weighted by molar-refractivity contribution is -0.118. The third-order valence-electron chi connectivity index (χ3n) is 7.64. The first-order valence-corrected chi connectivity index (χ1v) is 13.5. The van der Waals surface area contributed by atoms with Crippen molar-refractivity contribution < 1.29 is 9.53 Å². The molecule has 38 heavy (non-hydrogen) atoms. The van der Waals surface area contributed by atoms with Gasteiger partial charge in [0.25, 0.3) is 0 Å². The average Bonchev–Trinajstić information content (AvgIpc) is 3.56. The van der Waals surface area contributed by atoms with Crippen LogP contribution in [-0.4, -0.2) is 28.8 Å². The largest absolute Gasteiger partial charge is 0.493 e. The maximum Gasteiger partial charge on any atom is 0.227 e. The van der Waals surface area contributed by atoms with Gasteiger partial charge >= 0.3 is 0 Å². The van der Waals surface area contributed by atoms with Gasteiger partial charge in [-0.1, -0.05) is 41.9 Å². The number of ether oxygens (including phenoxy) is 1. The van der Waals surface area contributed by atoms with Gasteiger partial charge in [-0.15, -0.1) is 0 Å². The topological polar surface area (TPSA) is 73.4 Å². The third kappa shape index (κ3) is 4.88. The van der Waals surface area contributed by atoms with Gasteiger partial charge in [-0.3, -0.25) is 9.48 Å². The maximum atomic E-state index is 13.4. The standard InChI is InChI=1S/C31H31ClN4O2/c1-20-27(32)9-4-11-29(20)38-13-5-12-30(37)36-19-22-15-26(22)31-25(8-3-10-28(31)36)23-16-34-35(18-23)17-21-6-2-7-24(33)14-21/h2-4,6-11,14,16,18,22,26H,5,12-13,15,17,19,33H2,1H3/t22-,26-/m0/s1. The Morgan fingerprint density at radius 1 is 1.16 bits per heavy atom. The van der Waals surface area contributed by atoms with Crippen LogP contribution in [-0.2, 0) is 11.3 Å². The molecule has 0 saturated heterocycles. The molecule has 2 aliphatic rings. The van der Waals surface area contributed by atoms with Gasteiger partial charge in [-0.05, 0) is 78.6 Å². The molecule has 4 aromatic rings. The molecule has 1 aliphatic heterocycles. The van der Waals surface area contributed by atoms with Crippen LogP contribution in [0, 0.1) is 12.8 Å². The molecule has 0 radical (unpaired) electrons. The summed E-state index contributed by atoms with van der Waals surface area (Å²) in [4.78, 5) is 15.4. The lowest BCUT2D eigenvalue weighted by atomic mass is 9.92. The molecule has 2 atom stereocenters. The normalized spacial score (nSPS) is 17.6. The number of benzene rings is 3. The third-order valence-corrected chi connectivity index (χ3v) is 8.05. The predicted octanol–water partition coefficient (Wildman–Crippen LogP) is 6.45. The van der Waals surface area contributed by atoms with Gasteiger partial charge in [-0.2, -0.15) is 5.10 Å². The number of aromatic nitrogens is 2. The van der Waals surface area contributed by atoms with Gasteiger partial charge < -0.3 is 15.4 Å². The van der Waals surface area contributed by atoms with Crippen LogP contribution in [0.1, 0.15) is 41.9 Å². The minimum Gasteiger partial charge on any atom is -0.493 e. The molecule has 1 aromatic heterocycles. The molecule has 1 aliphatic carbocycles. The van der Waals surface area contributed by atoms with Gasteiger partial charge in [0.2, 0.25) is 5.91 Å². The maximum absolute atomic E-state index is 13.4. The second-order valence-corrected chi connectivity index (χ2v) is 10.7. The molecule has 0 bridgehead atoms. The molecule has 1 amide bonds. The van der Waals surface area contributed by atoms with Crippen LogP contribution in [0.15, 0.2) is 73.1 Å². The van der Waals surface area contributed by atoms with E-state index in [1.54, 1.807) is 0 Å². The monoisotopic (exact) mass is 526 g/mol. The number of hydrogen-bond acceptors (Lipinski definition) is 4. The quantitative estimate of drug-likeness (QED) is 0.211. The number of amides is 1. The Morgan fingerprint density at radius 2 is 2.00 bits per heavy atom. The zero-order chi connectivity index (χ0) is 26.2. The highest BCUT2D eigenvalue weighted by atomic mass is 35.5. The van der Waals surface area contributed by atoms with Crippen LogP contribution in [0.4, 0.5) is 11.4 Å². The SMILES string of the molecule is Cc1c(Cl)cccc1OCCCC(=O)N1C[C@@H]2C[C@@H]2c2c(-c3cnn(Cc4cccc(N)c4)c3)cccc21. The Bertz CT molecular complexity index is 1500. The zero-order valence-corrected chi connectivity index (χ0v) is 22.2. The number of halogens is 1. The van der Waals surface area contributed by atoms with E-state index < -0.39 is 0 Å². The number of hydrogen-bond donors (Lipinski definition) is 1. The van der Waals surface area contributed by atoms with E-state index in [9.17, 15) is 4.79 Å². The predicted molar refractivity (Wildman–Crippen MR) is 152 cm³/mol. The van der Waals surface area contributed by atoms with E-state index >= 15 is 0 Å². The molecule has 3 aromatic carbocycles. The molecule has 1 saturated carbocycles. The van der Waals surface area contributed by atoms with Crippen LogP contribution in [0.3, 0.4) is 0 Å². The van der Waals surface area contributed by atoms with E-state index in [-0.39, 0.29) is 5.91 Å². The molecule has 2 N–H and O–H groups in total. The zero-order valence-electron chi connectivity index (χ0n) is 21.4. The molecule has 6 nitrogen and oxygen atoms in total. The molecule has 7 heteroatoms. The highest BCUT2D eigenvalue weighted by molar-refractivity contribution is 6.31. The Kier molecular flexibility index (Phi) is 6.58. The highest BCUT2D eigenvalue weighted by Gasteiger charge is 2.47. The van der Waals surface area contributed by atoms with Crippen LogP contribution in [0.25, 0.3) is 11.1 Å². The van der Waals surface area contributed by atoms with Crippen molar-refractivity contribution in [2.45, 2.75) is 38.6 Å². The number of carbonyl (C=O) groups excluding carboxylic acids is 1. The smallest absolute Gasteiger partial charge is 0.227 e. The number of carbonyl (C=O) groups is 1. The fourth-order valence-electron chi connectivity index (χ4n) is 5.55. The van der Waals surface area contributed by atoms with Crippen molar-refractivity contribution >= 4 is 28.9 Å². The minimum atomic E-state index is 0.150. The fraction of sp³-hybridized carbons (Fsp3) is 0.290. The first-order chi connectivity index (χ1) is 18.5. The van der Waals surface area contributed by atoms with Crippen molar-refractivity contribution in [1.29, 1.82) is 0 Å². The van der Waals surface area contributed by atoms with Crippen molar-refractivity contribution in [3.8, 4) is 16.9 Å². The summed E-state index contributed by atoms with van der Waals surface area (Å²) >= 11 is 6.19. The first kappa shape index (κ1) is 24.6. The van der Waals surface area contributed by atoms with Crippen molar-refractivity contribution in [2.24, 2.45) is 5.92 Å². The van der Waals surface area contributed by atoms with Crippen molar-refractivity contribution in [2.75, 3.05) is 23.8 Å². The summed E-state index contributed by atoms with van der Waals surface area (Å²) in [5.41, 5.74) is 13.3. The Balaban J connectivity index is 1.16. The van der Waals surface area contributed by atoms with Crippen LogP contribution >= 0.6 is 11.6 Å². The van der Waals surface area contributed by atoms with E-state index in [4.69, 9.17) is 22.1 Å². The number of anilines is 2. The summed E-state index contributed by atoms with van der Waals surface area (Å²) in [5.74, 6) is 1.96. The summed E-state index contributed by atoms with van der Waals surface area (Å²) in [5, 5.41) is 5.31. The van der Waals surface area contributed by atoms with Gasteiger partial charge in [0, 0.05) is 46.7 Å². The lowest BCUT2D eigenvalue weighted by Gasteiger charge is -2.30. The van der Waals surface area contributed by atoms with Crippen LogP contribution in [0.5, 0.6) is 5.75 Å². The molecule has 194 valence electrons. The van der Waals surface area contributed by atoms with Gasteiger partial charge in [0.05, 0.1) is 19.3 Å². The summed E-state index contributed by atoms with van der Waals surface area (Å²) in [6, 6.07) is 19.8. The second-order valence-electron chi connectivity index (χ2n) is 10.3. The minimum absolute atomic E-state index is 0.150. The number of nitrogens with zero attached hydrogens (tertiary/aromatic N) is 3. The summed E-state index contributed by atoms with van der Waals surface area (Å²) in [7, 11) is 0. The number of nitrogen functional groups attached to an aromatic ring is 1. The van der Waals surface area contributed by atoms with Crippen molar-refractivity contribution in [1.82, 2.24) is 9.78 Å². The molecule has 2 heterocycles. The molecule has 6 rings (SSSR count). The molecule has 1 fully saturated rings. The average molecular weight is 527 g/mol. The van der Waals surface area contributed by atoms with Crippen LogP contribution < -0.4 is 15.4 Å². The van der Waals surface area contributed by atoms with E-state index in [1.807, 2.05) is 59.1 Å². The van der Waals surface area contributed by atoms with Crippen LogP contribution in [0.2, 0.25) is 5.02 Å². The van der Waals surface area contributed by atoms with E-state index in [0.717, 1.165) is 46.8 Å². The summed E-state index contributed by atoms with van der Waals surface area (Å²) < 4.78 is 7.86. The highest BCUT2D eigenvalue weighted by Crippen LogP contribution is 2.57. The Hall–Kier alpha value is -3.77. The first-order valence-electron chi connectivity index (χ1n) is 13.2. The van der Waals surface area contributed by atoms with E-state index in [2.05, 4.69) is 35.6 Å². The lowest BCUT2D eigenvalue weighted by Crippen LogP contribution is -2.36. The Labute approximate surface area is 228 Å². The molecule has 0 spiro atoms. The van der Waals surface area contributed by atoms with E-state index in [1.165, 1.54) is 11.1 Å². The molecular weight excluding hydrogens is 496 g/mol. The summed E-state index contributed by atoms with van der Waals surface area (Å²) in [6.07, 6.45) is 6.24. The fourth-order valence-corrected chi connectivity index (χ4v) is 5.72. The number of rotatable bonds is 8. The second kappa shape index (κ2) is 10.2. The molecular formula is C31H31ClN4O2. The van der Waals surface area contributed by atoms with Crippen molar-refractivity contribution in [3.05, 3.63) is 94.8 Å². The number of nitrogens with two attached hydrogens (primary N) is 1. The molecule has 0 unspecified atom stereocenters.